The lowest BCUT2D eigenvalue weighted by Crippen LogP contribution is -2.34. The molecule has 7 heteroatoms. The zero-order valence-corrected chi connectivity index (χ0v) is 11.1. The Kier molecular flexibility index (Phi) is 4.49. The van der Waals surface area contributed by atoms with Crippen LogP contribution in [-0.2, 0) is 6.54 Å². The fraction of sp³-hybridized carbons (Fsp3) is 0.462. The van der Waals surface area contributed by atoms with E-state index >= 15 is 0 Å². The summed E-state index contributed by atoms with van der Waals surface area (Å²) in [5.74, 6) is -0.00460. The van der Waals surface area contributed by atoms with Crippen LogP contribution >= 0.6 is 0 Å². The van der Waals surface area contributed by atoms with E-state index in [1.165, 1.54) is 12.3 Å². The van der Waals surface area contributed by atoms with E-state index < -0.39 is 12.8 Å². The van der Waals surface area contributed by atoms with E-state index in [1.807, 2.05) is 19.2 Å². The number of halogens is 3. The molecule has 4 nitrogen and oxygen atoms in total. The summed E-state index contributed by atoms with van der Waals surface area (Å²) >= 11 is 0. The standard InChI is InChI=1S/C13H16F3N3O/c1-2-18-6-3-7-19(18)9-11-4-5-17-12(8-11)20-10-13(14,15)16/h3-6,8H,2,7,9-10H2,1H3. The highest BCUT2D eigenvalue weighted by atomic mass is 19.4. The highest BCUT2D eigenvalue weighted by Gasteiger charge is 2.28. The van der Waals surface area contributed by atoms with Gasteiger partial charge < -0.3 is 9.75 Å². The molecular weight excluding hydrogens is 271 g/mol. The van der Waals surface area contributed by atoms with Crippen LogP contribution in [0.3, 0.4) is 0 Å². The summed E-state index contributed by atoms with van der Waals surface area (Å²) in [5, 5.41) is 4.14. The molecule has 0 saturated heterocycles. The summed E-state index contributed by atoms with van der Waals surface area (Å²) in [6, 6.07) is 3.31. The Balaban J connectivity index is 1.96. The van der Waals surface area contributed by atoms with Crippen LogP contribution in [0.5, 0.6) is 5.88 Å². The Labute approximate surface area is 115 Å². The van der Waals surface area contributed by atoms with E-state index in [9.17, 15) is 13.2 Å². The first-order valence-electron chi connectivity index (χ1n) is 6.30. The molecule has 110 valence electrons. The maximum absolute atomic E-state index is 12.1. The van der Waals surface area contributed by atoms with Crippen molar-refractivity contribution >= 4 is 0 Å². The maximum atomic E-state index is 12.1. The molecule has 2 rings (SSSR count). The van der Waals surface area contributed by atoms with Crippen LogP contribution in [0.4, 0.5) is 13.2 Å². The first-order valence-corrected chi connectivity index (χ1v) is 6.30. The van der Waals surface area contributed by atoms with Gasteiger partial charge >= 0.3 is 6.18 Å². The average molecular weight is 287 g/mol. The fourth-order valence-electron chi connectivity index (χ4n) is 1.94. The minimum absolute atomic E-state index is 0.00460. The summed E-state index contributed by atoms with van der Waals surface area (Å²) in [5.41, 5.74) is 0.860. The second kappa shape index (κ2) is 6.13. The van der Waals surface area contributed by atoms with E-state index in [4.69, 9.17) is 0 Å². The summed E-state index contributed by atoms with van der Waals surface area (Å²) in [7, 11) is 0. The van der Waals surface area contributed by atoms with Gasteiger partial charge in [0.1, 0.15) is 0 Å². The van der Waals surface area contributed by atoms with Crippen molar-refractivity contribution in [2.75, 3.05) is 19.7 Å². The predicted octanol–water partition coefficient (Wildman–Crippen LogP) is 2.59. The molecule has 20 heavy (non-hydrogen) atoms. The number of aromatic nitrogens is 1. The predicted molar refractivity (Wildman–Crippen MR) is 67.7 cm³/mol. The molecule has 1 aliphatic rings. The first-order chi connectivity index (χ1) is 9.48. The molecule has 0 amide bonds. The number of pyridine rings is 1. The summed E-state index contributed by atoms with van der Waals surface area (Å²) in [4.78, 5) is 3.79. The molecule has 0 atom stereocenters. The monoisotopic (exact) mass is 287 g/mol. The van der Waals surface area contributed by atoms with Crippen LogP contribution < -0.4 is 4.74 Å². The van der Waals surface area contributed by atoms with Crippen molar-refractivity contribution in [3.8, 4) is 5.88 Å². The largest absolute Gasteiger partial charge is 0.468 e. The van der Waals surface area contributed by atoms with Gasteiger partial charge in [-0.25, -0.2) is 9.99 Å². The molecule has 1 aromatic heterocycles. The van der Waals surface area contributed by atoms with Gasteiger partial charge in [0.05, 0.1) is 0 Å². The van der Waals surface area contributed by atoms with E-state index in [-0.39, 0.29) is 5.88 Å². The van der Waals surface area contributed by atoms with Crippen LogP contribution in [-0.4, -0.2) is 40.9 Å². The number of rotatable bonds is 5. The van der Waals surface area contributed by atoms with Crippen molar-refractivity contribution in [2.24, 2.45) is 0 Å². The molecule has 0 saturated carbocycles. The van der Waals surface area contributed by atoms with Gasteiger partial charge in [-0.1, -0.05) is 6.08 Å². The van der Waals surface area contributed by atoms with Crippen LogP contribution in [0.1, 0.15) is 12.5 Å². The lowest BCUT2D eigenvalue weighted by atomic mass is 10.2. The Hall–Kier alpha value is -1.76. The normalized spacial score (nSPS) is 15.9. The molecule has 0 aromatic carbocycles. The molecule has 0 unspecified atom stereocenters. The molecule has 2 heterocycles. The van der Waals surface area contributed by atoms with Crippen LogP contribution in [0.2, 0.25) is 0 Å². The van der Waals surface area contributed by atoms with Gasteiger partial charge in [-0.2, -0.15) is 13.2 Å². The molecule has 0 spiro atoms. The van der Waals surface area contributed by atoms with Crippen LogP contribution in [0.25, 0.3) is 0 Å². The Morgan fingerprint density at radius 3 is 2.90 bits per heavy atom. The average Bonchev–Trinajstić information content (AvgIpc) is 2.83. The van der Waals surface area contributed by atoms with Crippen molar-refractivity contribution in [1.82, 2.24) is 15.0 Å². The Morgan fingerprint density at radius 1 is 1.40 bits per heavy atom. The van der Waals surface area contributed by atoms with E-state index in [2.05, 4.69) is 19.7 Å². The third kappa shape index (κ3) is 4.12. The van der Waals surface area contributed by atoms with Gasteiger partial charge in [0.2, 0.25) is 5.88 Å². The molecule has 0 aliphatic carbocycles. The molecule has 0 fully saturated rings. The molecule has 0 bridgehead atoms. The first kappa shape index (κ1) is 14.6. The maximum Gasteiger partial charge on any atom is 0.422 e. The lowest BCUT2D eigenvalue weighted by molar-refractivity contribution is -0.154. The molecule has 0 N–H and O–H groups in total. The SMILES string of the molecule is CCN1C=CCN1Cc1ccnc(OCC(F)(F)F)c1. The molecule has 1 aliphatic heterocycles. The van der Waals surface area contributed by atoms with E-state index in [0.717, 1.165) is 18.7 Å². The van der Waals surface area contributed by atoms with E-state index in [0.29, 0.717) is 6.54 Å². The van der Waals surface area contributed by atoms with Crippen molar-refractivity contribution in [3.63, 3.8) is 0 Å². The third-order valence-corrected chi connectivity index (χ3v) is 2.83. The van der Waals surface area contributed by atoms with Crippen molar-refractivity contribution in [1.29, 1.82) is 0 Å². The van der Waals surface area contributed by atoms with Gasteiger partial charge in [0.25, 0.3) is 0 Å². The number of nitrogens with zero attached hydrogens (tertiary/aromatic N) is 3. The van der Waals surface area contributed by atoms with E-state index in [1.54, 1.807) is 6.07 Å². The number of ether oxygens (including phenoxy) is 1. The lowest BCUT2D eigenvalue weighted by Gasteiger charge is -2.27. The molecule has 1 aromatic rings. The zero-order chi connectivity index (χ0) is 14.6. The summed E-state index contributed by atoms with van der Waals surface area (Å²) in [6.07, 6.45) is 1.13. The topological polar surface area (TPSA) is 28.6 Å². The number of hydrogen-bond donors (Lipinski definition) is 0. The fourth-order valence-corrected chi connectivity index (χ4v) is 1.94. The van der Waals surface area contributed by atoms with Gasteiger partial charge in [-0.15, -0.1) is 0 Å². The van der Waals surface area contributed by atoms with Gasteiger partial charge in [0, 0.05) is 38.1 Å². The second-order valence-electron chi connectivity index (χ2n) is 4.39. The minimum Gasteiger partial charge on any atom is -0.468 e. The van der Waals surface area contributed by atoms with Gasteiger partial charge in [-0.05, 0) is 18.6 Å². The second-order valence-corrected chi connectivity index (χ2v) is 4.39. The highest BCUT2D eigenvalue weighted by molar-refractivity contribution is 5.20. The van der Waals surface area contributed by atoms with Crippen molar-refractivity contribution in [3.05, 3.63) is 36.2 Å². The van der Waals surface area contributed by atoms with Gasteiger partial charge in [-0.3, -0.25) is 0 Å². The number of hydrogen-bond acceptors (Lipinski definition) is 4. The third-order valence-electron chi connectivity index (χ3n) is 2.83. The van der Waals surface area contributed by atoms with Crippen molar-refractivity contribution < 1.29 is 17.9 Å². The Morgan fingerprint density at radius 2 is 2.20 bits per heavy atom. The van der Waals surface area contributed by atoms with Crippen molar-refractivity contribution in [2.45, 2.75) is 19.6 Å². The highest BCUT2D eigenvalue weighted by Crippen LogP contribution is 2.19. The number of hydrazine groups is 1. The summed E-state index contributed by atoms with van der Waals surface area (Å²) < 4.78 is 40.9. The summed E-state index contributed by atoms with van der Waals surface area (Å²) in [6.45, 7) is 2.95. The number of alkyl halides is 3. The molecular formula is C13H16F3N3O. The van der Waals surface area contributed by atoms with Gasteiger partial charge in [0.15, 0.2) is 6.61 Å². The van der Waals surface area contributed by atoms with Crippen LogP contribution in [0, 0.1) is 0 Å². The molecule has 0 radical (unpaired) electrons. The Bertz CT molecular complexity index is 476. The quantitative estimate of drug-likeness (QED) is 0.832. The zero-order valence-electron chi connectivity index (χ0n) is 11.1. The minimum atomic E-state index is -4.35. The van der Waals surface area contributed by atoms with Crippen LogP contribution in [0.15, 0.2) is 30.6 Å². The smallest absolute Gasteiger partial charge is 0.422 e.